The summed E-state index contributed by atoms with van der Waals surface area (Å²) in [4.78, 5) is 28.7. The normalized spacial score (nSPS) is 21.0. The van der Waals surface area contributed by atoms with Crippen molar-refractivity contribution in [2.75, 3.05) is 34.2 Å². The lowest BCUT2D eigenvalue weighted by atomic mass is 10.0. The van der Waals surface area contributed by atoms with Crippen molar-refractivity contribution in [3.8, 4) is 0 Å². The Labute approximate surface area is 115 Å². The van der Waals surface area contributed by atoms with E-state index >= 15 is 0 Å². The van der Waals surface area contributed by atoms with E-state index in [0.29, 0.717) is 0 Å². The number of likely N-dealkylation sites (tertiary alicyclic amines) is 1. The smallest absolute Gasteiger partial charge is 0.329 e. The van der Waals surface area contributed by atoms with Crippen LogP contribution in [0.5, 0.6) is 0 Å². The molecular formula is C13H25N3O3. The van der Waals surface area contributed by atoms with Crippen molar-refractivity contribution in [1.82, 2.24) is 14.7 Å². The van der Waals surface area contributed by atoms with Gasteiger partial charge in [-0.25, -0.2) is 9.59 Å². The fraction of sp³-hybridized carbons (Fsp3) is 0.846. The molecule has 1 heterocycles. The lowest BCUT2D eigenvalue weighted by Gasteiger charge is -2.40. The summed E-state index contributed by atoms with van der Waals surface area (Å²) in [5.74, 6) is -1.00. The van der Waals surface area contributed by atoms with Crippen molar-refractivity contribution in [2.24, 2.45) is 0 Å². The number of hydrogen-bond donors (Lipinski definition) is 1. The Morgan fingerprint density at radius 1 is 1.32 bits per heavy atom. The Morgan fingerprint density at radius 2 is 1.89 bits per heavy atom. The second kappa shape index (κ2) is 5.77. The van der Waals surface area contributed by atoms with Gasteiger partial charge >= 0.3 is 12.0 Å². The fourth-order valence-electron chi connectivity index (χ4n) is 2.23. The van der Waals surface area contributed by atoms with Crippen LogP contribution in [0.2, 0.25) is 0 Å². The van der Waals surface area contributed by atoms with E-state index in [1.54, 1.807) is 19.0 Å². The van der Waals surface area contributed by atoms with Gasteiger partial charge in [0.1, 0.15) is 5.54 Å². The Morgan fingerprint density at radius 3 is 2.37 bits per heavy atom. The van der Waals surface area contributed by atoms with Crippen LogP contribution in [-0.2, 0) is 4.79 Å². The van der Waals surface area contributed by atoms with Crippen LogP contribution in [0.25, 0.3) is 0 Å². The number of likely N-dealkylation sites (N-methyl/N-ethyl adjacent to an activating group) is 3. The summed E-state index contributed by atoms with van der Waals surface area (Å²) < 4.78 is 0. The average Bonchev–Trinajstić information content (AvgIpc) is 2.35. The molecule has 6 nitrogen and oxygen atoms in total. The highest BCUT2D eigenvalue weighted by atomic mass is 16.4. The number of aliphatic carboxylic acids is 1. The molecule has 19 heavy (non-hydrogen) atoms. The minimum Gasteiger partial charge on any atom is -0.480 e. The van der Waals surface area contributed by atoms with E-state index in [2.05, 4.69) is 4.90 Å². The van der Waals surface area contributed by atoms with Gasteiger partial charge < -0.3 is 19.8 Å². The molecular weight excluding hydrogens is 246 g/mol. The highest BCUT2D eigenvalue weighted by Crippen LogP contribution is 2.19. The van der Waals surface area contributed by atoms with Crippen molar-refractivity contribution in [2.45, 2.75) is 38.3 Å². The first-order valence-corrected chi connectivity index (χ1v) is 6.60. The van der Waals surface area contributed by atoms with E-state index in [4.69, 9.17) is 0 Å². The molecule has 0 spiro atoms. The van der Waals surface area contributed by atoms with E-state index < -0.39 is 11.5 Å². The van der Waals surface area contributed by atoms with Crippen LogP contribution >= 0.6 is 0 Å². The number of hydrogen-bond acceptors (Lipinski definition) is 3. The van der Waals surface area contributed by atoms with E-state index in [1.165, 1.54) is 18.7 Å². The number of carbonyl (C=O) groups excluding carboxylic acids is 1. The third-order valence-corrected chi connectivity index (χ3v) is 4.10. The third kappa shape index (κ3) is 3.37. The number of carbonyl (C=O) groups is 2. The number of carboxylic acids is 1. The molecule has 1 rings (SSSR count). The summed E-state index contributed by atoms with van der Waals surface area (Å²) in [6.45, 7) is 4.96. The van der Waals surface area contributed by atoms with Gasteiger partial charge in [-0.1, -0.05) is 0 Å². The number of urea groups is 1. The second-order valence-electron chi connectivity index (χ2n) is 5.87. The van der Waals surface area contributed by atoms with Crippen LogP contribution in [0.4, 0.5) is 4.79 Å². The molecule has 1 aliphatic rings. The van der Waals surface area contributed by atoms with Crippen LogP contribution in [0, 0.1) is 0 Å². The number of carboxylic acid groups (broad SMARTS) is 1. The largest absolute Gasteiger partial charge is 0.480 e. The fourth-order valence-corrected chi connectivity index (χ4v) is 2.23. The molecule has 2 amide bonds. The van der Waals surface area contributed by atoms with Gasteiger partial charge in [-0.15, -0.1) is 0 Å². The molecule has 1 atom stereocenters. The van der Waals surface area contributed by atoms with Crippen LogP contribution in [0.1, 0.15) is 26.7 Å². The molecule has 0 aromatic rings. The number of piperidine rings is 1. The predicted octanol–water partition coefficient (Wildman–Crippen LogP) is 0.927. The Hall–Kier alpha value is -1.30. The maximum absolute atomic E-state index is 12.4. The molecule has 1 unspecified atom stereocenters. The molecule has 0 bridgehead atoms. The first-order valence-electron chi connectivity index (χ1n) is 6.60. The van der Waals surface area contributed by atoms with Crippen molar-refractivity contribution in [3.05, 3.63) is 0 Å². The zero-order chi connectivity index (χ0) is 14.8. The molecule has 6 heteroatoms. The molecule has 0 radical (unpaired) electrons. The van der Waals surface area contributed by atoms with Gasteiger partial charge in [0.05, 0.1) is 0 Å². The molecule has 1 aliphatic heterocycles. The summed E-state index contributed by atoms with van der Waals surface area (Å²) in [7, 11) is 5.33. The molecule has 110 valence electrons. The van der Waals surface area contributed by atoms with Gasteiger partial charge in [-0.2, -0.15) is 0 Å². The zero-order valence-corrected chi connectivity index (χ0v) is 12.5. The van der Waals surface area contributed by atoms with Gasteiger partial charge in [0.2, 0.25) is 0 Å². The standard InChI is InChI=1S/C13H25N3O3/c1-13(2,11(17)18)16(5)12(19)15(4)10-7-6-8-14(3)9-10/h10H,6-9H2,1-5H3,(H,17,18). The molecule has 1 saturated heterocycles. The van der Waals surface area contributed by atoms with Gasteiger partial charge in [0.15, 0.2) is 0 Å². The first kappa shape index (κ1) is 15.8. The van der Waals surface area contributed by atoms with Crippen LogP contribution in [-0.4, -0.2) is 77.6 Å². The molecule has 1 fully saturated rings. The minimum absolute atomic E-state index is 0.151. The average molecular weight is 271 g/mol. The number of rotatable bonds is 3. The van der Waals surface area contributed by atoms with Crippen molar-refractivity contribution in [3.63, 3.8) is 0 Å². The summed E-state index contributed by atoms with van der Waals surface area (Å²) in [6, 6.07) is -0.0917. The monoisotopic (exact) mass is 271 g/mol. The topological polar surface area (TPSA) is 64.1 Å². The molecule has 1 N–H and O–H groups in total. The van der Waals surface area contributed by atoms with E-state index in [9.17, 15) is 14.7 Å². The van der Waals surface area contributed by atoms with Crippen LogP contribution in [0.3, 0.4) is 0 Å². The minimum atomic E-state index is -1.20. The number of amides is 2. The highest BCUT2D eigenvalue weighted by Gasteiger charge is 2.38. The van der Waals surface area contributed by atoms with Crippen LogP contribution in [0.15, 0.2) is 0 Å². The van der Waals surface area contributed by atoms with Crippen molar-refractivity contribution < 1.29 is 14.7 Å². The third-order valence-electron chi connectivity index (χ3n) is 4.10. The van der Waals surface area contributed by atoms with Gasteiger partial charge in [-0.05, 0) is 40.3 Å². The van der Waals surface area contributed by atoms with Gasteiger partial charge in [-0.3, -0.25) is 0 Å². The maximum atomic E-state index is 12.4. The summed E-state index contributed by atoms with van der Waals surface area (Å²) in [6.07, 6.45) is 2.03. The van der Waals surface area contributed by atoms with E-state index in [0.717, 1.165) is 25.9 Å². The Balaban J connectivity index is 2.73. The second-order valence-corrected chi connectivity index (χ2v) is 5.87. The Kier molecular flexibility index (Phi) is 4.79. The van der Waals surface area contributed by atoms with Gasteiger partial charge in [0, 0.05) is 26.7 Å². The van der Waals surface area contributed by atoms with Crippen LogP contribution < -0.4 is 0 Å². The molecule has 0 aromatic carbocycles. The maximum Gasteiger partial charge on any atom is 0.329 e. The van der Waals surface area contributed by atoms with E-state index in [1.807, 2.05) is 7.05 Å². The highest BCUT2D eigenvalue weighted by molar-refractivity contribution is 5.85. The molecule has 0 aliphatic carbocycles. The molecule has 0 aromatic heterocycles. The van der Waals surface area contributed by atoms with Crippen molar-refractivity contribution in [1.29, 1.82) is 0 Å². The van der Waals surface area contributed by atoms with E-state index in [-0.39, 0.29) is 12.1 Å². The lowest BCUT2D eigenvalue weighted by molar-refractivity contribution is -0.147. The van der Waals surface area contributed by atoms with Crippen molar-refractivity contribution >= 4 is 12.0 Å². The molecule has 0 saturated carbocycles. The predicted molar refractivity (Wildman–Crippen MR) is 73.2 cm³/mol. The SMILES string of the molecule is CN1CCCC(N(C)C(=O)N(C)C(C)(C)C(=O)O)C1. The zero-order valence-electron chi connectivity index (χ0n) is 12.5. The lowest BCUT2D eigenvalue weighted by Crippen LogP contribution is -2.57. The summed E-state index contributed by atoms with van der Waals surface area (Å²) in [5.41, 5.74) is -1.20. The Bertz CT molecular complexity index is 357. The number of nitrogens with zero attached hydrogens (tertiary/aromatic N) is 3. The quantitative estimate of drug-likeness (QED) is 0.829. The van der Waals surface area contributed by atoms with Gasteiger partial charge in [0.25, 0.3) is 0 Å². The first-order chi connectivity index (χ1) is 8.67. The summed E-state index contributed by atoms with van der Waals surface area (Å²) >= 11 is 0. The summed E-state index contributed by atoms with van der Waals surface area (Å²) in [5, 5.41) is 9.17.